The average Bonchev–Trinajstić information content (AvgIpc) is 2.43. The van der Waals surface area contributed by atoms with Crippen molar-refractivity contribution >= 4 is 15.9 Å². The largest absolute Gasteiger partial charge is 0.393 e. The highest BCUT2D eigenvalue weighted by atomic mass is 79.9. The Balaban J connectivity index is 1.70. The van der Waals surface area contributed by atoms with Crippen LogP contribution >= 0.6 is 15.9 Å². The summed E-state index contributed by atoms with van der Waals surface area (Å²) in [5, 5.41) is 12.8. The lowest BCUT2D eigenvalue weighted by atomic mass is 10.0. The predicted molar refractivity (Wildman–Crippen MR) is 86.7 cm³/mol. The molecule has 1 atom stereocenters. The molecular weight excluding hydrogens is 316 g/mol. The third-order valence-corrected chi connectivity index (χ3v) is 4.71. The van der Waals surface area contributed by atoms with Crippen LogP contribution in [0.1, 0.15) is 31.7 Å². The molecule has 0 aromatic heterocycles. The molecule has 1 aliphatic rings. The molecule has 1 unspecified atom stereocenters. The van der Waals surface area contributed by atoms with E-state index < -0.39 is 0 Å². The highest BCUT2D eigenvalue weighted by Crippen LogP contribution is 2.20. The highest BCUT2D eigenvalue weighted by Gasteiger charge is 2.19. The van der Waals surface area contributed by atoms with Crippen LogP contribution in [0.2, 0.25) is 0 Å². The molecule has 1 saturated heterocycles. The van der Waals surface area contributed by atoms with Crippen LogP contribution < -0.4 is 5.32 Å². The van der Waals surface area contributed by atoms with Crippen molar-refractivity contribution in [3.8, 4) is 0 Å². The Kier molecular flexibility index (Phi) is 6.49. The SMILES string of the molecule is CC(O)CCNC1CCN(Cc2ccccc2Br)CC1. The molecule has 1 aromatic carbocycles. The number of hydrogen-bond acceptors (Lipinski definition) is 3. The topological polar surface area (TPSA) is 35.5 Å². The molecule has 0 radical (unpaired) electrons. The Hall–Kier alpha value is -0.420. The van der Waals surface area contributed by atoms with Crippen molar-refractivity contribution in [1.82, 2.24) is 10.2 Å². The first-order valence-corrected chi connectivity index (χ1v) is 8.31. The van der Waals surface area contributed by atoms with E-state index in [9.17, 15) is 5.11 Å². The van der Waals surface area contributed by atoms with Crippen LogP contribution in [0.3, 0.4) is 0 Å². The number of piperidine rings is 1. The van der Waals surface area contributed by atoms with Gasteiger partial charge in [0.05, 0.1) is 6.10 Å². The van der Waals surface area contributed by atoms with E-state index in [4.69, 9.17) is 0 Å². The average molecular weight is 341 g/mol. The monoisotopic (exact) mass is 340 g/mol. The number of aliphatic hydroxyl groups excluding tert-OH is 1. The summed E-state index contributed by atoms with van der Waals surface area (Å²) in [7, 11) is 0. The second kappa shape index (κ2) is 8.13. The van der Waals surface area contributed by atoms with Crippen molar-refractivity contribution in [2.75, 3.05) is 19.6 Å². The molecule has 4 heteroatoms. The molecule has 0 saturated carbocycles. The standard InChI is InChI=1S/C16H25BrN2O/c1-13(20)6-9-18-15-7-10-19(11-8-15)12-14-4-2-3-5-16(14)17/h2-5,13,15,18,20H,6-12H2,1H3. The summed E-state index contributed by atoms with van der Waals surface area (Å²) >= 11 is 3.62. The van der Waals surface area contributed by atoms with Gasteiger partial charge in [0.1, 0.15) is 0 Å². The molecular formula is C16H25BrN2O. The van der Waals surface area contributed by atoms with Gasteiger partial charge in [0, 0.05) is 17.1 Å². The van der Waals surface area contributed by atoms with Crippen molar-refractivity contribution in [2.45, 2.75) is 44.9 Å². The van der Waals surface area contributed by atoms with Crippen LogP contribution in [0.15, 0.2) is 28.7 Å². The molecule has 0 amide bonds. The number of likely N-dealkylation sites (tertiary alicyclic amines) is 1. The molecule has 1 heterocycles. The van der Waals surface area contributed by atoms with Gasteiger partial charge in [-0.3, -0.25) is 4.90 Å². The van der Waals surface area contributed by atoms with E-state index in [2.05, 4.69) is 50.4 Å². The zero-order valence-electron chi connectivity index (χ0n) is 12.2. The fraction of sp³-hybridized carbons (Fsp3) is 0.625. The van der Waals surface area contributed by atoms with Crippen molar-refractivity contribution in [1.29, 1.82) is 0 Å². The van der Waals surface area contributed by atoms with Gasteiger partial charge in [0.2, 0.25) is 0 Å². The van der Waals surface area contributed by atoms with Crippen molar-refractivity contribution in [3.63, 3.8) is 0 Å². The quantitative estimate of drug-likeness (QED) is 0.835. The van der Waals surface area contributed by atoms with E-state index in [0.717, 1.165) is 32.6 Å². The third-order valence-electron chi connectivity index (χ3n) is 3.93. The van der Waals surface area contributed by atoms with Crippen LogP contribution in [-0.2, 0) is 6.54 Å². The minimum absolute atomic E-state index is 0.196. The van der Waals surface area contributed by atoms with E-state index in [1.54, 1.807) is 0 Å². The number of rotatable bonds is 6. The van der Waals surface area contributed by atoms with Crippen LogP contribution in [0.4, 0.5) is 0 Å². The van der Waals surface area contributed by atoms with Crippen molar-refractivity contribution < 1.29 is 5.11 Å². The normalized spacial score (nSPS) is 19.1. The summed E-state index contributed by atoms with van der Waals surface area (Å²) in [6, 6.07) is 9.08. The number of aliphatic hydroxyl groups is 1. The lowest BCUT2D eigenvalue weighted by molar-refractivity contribution is 0.168. The summed E-state index contributed by atoms with van der Waals surface area (Å²) in [4.78, 5) is 2.52. The molecule has 2 rings (SSSR count). The van der Waals surface area contributed by atoms with E-state index >= 15 is 0 Å². The van der Waals surface area contributed by atoms with E-state index in [1.807, 2.05) is 6.92 Å². The molecule has 3 nitrogen and oxygen atoms in total. The molecule has 1 aromatic rings. The summed E-state index contributed by atoms with van der Waals surface area (Å²) < 4.78 is 1.21. The van der Waals surface area contributed by atoms with Gasteiger partial charge in [0.15, 0.2) is 0 Å². The summed E-state index contributed by atoms with van der Waals surface area (Å²) in [5.74, 6) is 0. The Labute approximate surface area is 130 Å². The van der Waals surface area contributed by atoms with Crippen molar-refractivity contribution in [2.24, 2.45) is 0 Å². The van der Waals surface area contributed by atoms with Gasteiger partial charge in [-0.1, -0.05) is 34.1 Å². The molecule has 0 aliphatic carbocycles. The summed E-state index contributed by atoms with van der Waals surface area (Å²) in [5.41, 5.74) is 1.37. The number of halogens is 1. The first-order chi connectivity index (χ1) is 9.65. The van der Waals surface area contributed by atoms with E-state index in [-0.39, 0.29) is 6.10 Å². The number of nitrogens with one attached hydrogen (secondary N) is 1. The van der Waals surface area contributed by atoms with Gasteiger partial charge in [-0.2, -0.15) is 0 Å². The first kappa shape index (κ1) is 16.0. The molecule has 1 aliphatic heterocycles. The van der Waals surface area contributed by atoms with Gasteiger partial charge < -0.3 is 10.4 Å². The highest BCUT2D eigenvalue weighted by molar-refractivity contribution is 9.10. The second-order valence-corrected chi connectivity index (χ2v) is 6.59. The van der Waals surface area contributed by atoms with Crippen molar-refractivity contribution in [3.05, 3.63) is 34.3 Å². The third kappa shape index (κ3) is 5.17. The smallest absolute Gasteiger partial charge is 0.0524 e. The number of benzene rings is 1. The van der Waals surface area contributed by atoms with Crippen LogP contribution in [0, 0.1) is 0 Å². The summed E-state index contributed by atoms with van der Waals surface area (Å²) in [6.45, 7) is 6.09. The fourth-order valence-corrected chi connectivity index (χ4v) is 3.07. The van der Waals surface area contributed by atoms with Crippen LogP contribution in [-0.4, -0.2) is 41.8 Å². The maximum atomic E-state index is 9.26. The van der Waals surface area contributed by atoms with Gasteiger partial charge in [-0.05, 0) is 57.5 Å². The minimum atomic E-state index is -0.196. The summed E-state index contributed by atoms with van der Waals surface area (Å²) in [6.07, 6.45) is 3.05. The van der Waals surface area contributed by atoms with Gasteiger partial charge in [-0.25, -0.2) is 0 Å². The molecule has 20 heavy (non-hydrogen) atoms. The Morgan fingerprint density at radius 3 is 2.70 bits per heavy atom. The molecule has 2 N–H and O–H groups in total. The molecule has 0 spiro atoms. The Bertz CT molecular complexity index is 403. The predicted octanol–water partition coefficient (Wildman–Crippen LogP) is 2.77. The number of nitrogens with zero attached hydrogens (tertiary/aromatic N) is 1. The molecule has 0 bridgehead atoms. The zero-order valence-corrected chi connectivity index (χ0v) is 13.8. The van der Waals surface area contributed by atoms with Gasteiger partial charge in [-0.15, -0.1) is 0 Å². The number of hydrogen-bond donors (Lipinski definition) is 2. The second-order valence-electron chi connectivity index (χ2n) is 5.73. The van der Waals surface area contributed by atoms with Gasteiger partial charge >= 0.3 is 0 Å². The lowest BCUT2D eigenvalue weighted by Gasteiger charge is -2.32. The van der Waals surface area contributed by atoms with E-state index in [0.29, 0.717) is 6.04 Å². The minimum Gasteiger partial charge on any atom is -0.393 e. The lowest BCUT2D eigenvalue weighted by Crippen LogP contribution is -2.42. The van der Waals surface area contributed by atoms with Gasteiger partial charge in [0.25, 0.3) is 0 Å². The fourth-order valence-electron chi connectivity index (χ4n) is 2.66. The van der Waals surface area contributed by atoms with Crippen LogP contribution in [0.25, 0.3) is 0 Å². The van der Waals surface area contributed by atoms with Crippen LogP contribution in [0.5, 0.6) is 0 Å². The zero-order chi connectivity index (χ0) is 14.4. The Morgan fingerprint density at radius 1 is 1.35 bits per heavy atom. The first-order valence-electron chi connectivity index (χ1n) is 7.52. The molecule has 112 valence electrons. The van der Waals surface area contributed by atoms with E-state index in [1.165, 1.54) is 22.9 Å². The maximum absolute atomic E-state index is 9.26. The molecule has 1 fully saturated rings. The maximum Gasteiger partial charge on any atom is 0.0524 e. The Morgan fingerprint density at radius 2 is 2.05 bits per heavy atom.